The van der Waals surface area contributed by atoms with E-state index >= 15 is 0 Å². The Hall–Kier alpha value is -0.780. The molecule has 0 amide bonds. The van der Waals surface area contributed by atoms with E-state index in [9.17, 15) is 0 Å². The van der Waals surface area contributed by atoms with Crippen molar-refractivity contribution in [3.8, 4) is 0 Å². The van der Waals surface area contributed by atoms with Gasteiger partial charge in [0.2, 0.25) is 0 Å². The average molecular weight is 258 g/mol. The van der Waals surface area contributed by atoms with Gasteiger partial charge in [0, 0.05) is 0 Å². The summed E-state index contributed by atoms with van der Waals surface area (Å²) in [7, 11) is 0. The summed E-state index contributed by atoms with van der Waals surface area (Å²) in [5, 5.41) is 0. The molecule has 0 nitrogen and oxygen atoms in total. The number of aryl methyl sites for hydroxylation is 2. The molecule has 0 atom stereocenters. The lowest BCUT2D eigenvalue weighted by atomic mass is 9.89. The van der Waals surface area contributed by atoms with Crippen molar-refractivity contribution >= 4 is 0 Å². The minimum absolute atomic E-state index is 0.956. The van der Waals surface area contributed by atoms with E-state index in [0.29, 0.717) is 0 Å². The van der Waals surface area contributed by atoms with Crippen LogP contribution in [0.4, 0.5) is 0 Å². The molecule has 0 heterocycles. The molecule has 0 aliphatic rings. The van der Waals surface area contributed by atoms with Crippen LogP contribution in [0.2, 0.25) is 0 Å². The molecule has 19 heavy (non-hydrogen) atoms. The first-order valence-corrected chi connectivity index (χ1v) is 8.13. The highest BCUT2D eigenvalue weighted by molar-refractivity contribution is 5.41. The molecule has 0 spiro atoms. The van der Waals surface area contributed by atoms with Crippen molar-refractivity contribution in [1.29, 1.82) is 0 Å². The fourth-order valence-corrected chi connectivity index (χ4v) is 2.68. The topological polar surface area (TPSA) is 0 Å². The predicted octanol–water partition coefficient (Wildman–Crippen LogP) is 5.77. The van der Waals surface area contributed by atoms with Crippen LogP contribution >= 0.6 is 0 Å². The van der Waals surface area contributed by atoms with Gasteiger partial charge >= 0.3 is 0 Å². The summed E-state index contributed by atoms with van der Waals surface area (Å²) >= 11 is 0. The summed E-state index contributed by atoms with van der Waals surface area (Å²) in [6.07, 6.45) is 11.2. The lowest BCUT2D eigenvalue weighted by Gasteiger charge is -2.16. The van der Waals surface area contributed by atoms with Crippen LogP contribution < -0.4 is 0 Å². The van der Waals surface area contributed by atoms with Crippen LogP contribution in [0.1, 0.15) is 81.5 Å². The fourth-order valence-electron chi connectivity index (χ4n) is 2.68. The summed E-state index contributed by atoms with van der Waals surface area (Å²) in [5.41, 5.74) is 5.60. The molecule has 1 aromatic rings. The number of hydrogen-bond donors (Lipinski definition) is 0. The van der Waals surface area contributed by atoms with Crippen LogP contribution in [0.5, 0.6) is 0 Å². The van der Waals surface area contributed by atoms with E-state index in [1.807, 2.05) is 0 Å². The largest absolute Gasteiger partial charge is 0.0654 e. The van der Waals surface area contributed by atoms with Gasteiger partial charge in [0.05, 0.1) is 0 Å². The summed E-state index contributed by atoms with van der Waals surface area (Å²) in [5.74, 6) is 0. The summed E-state index contributed by atoms with van der Waals surface area (Å²) in [6, 6.07) is 4.44. The zero-order valence-corrected chi connectivity index (χ0v) is 13.1. The van der Waals surface area contributed by atoms with Gasteiger partial charge < -0.3 is 0 Å². The molecule has 106 valence electrons. The number of unbranched alkanes of at least 4 members (excludes halogenated alkanes) is 3. The van der Waals surface area contributed by atoms with Crippen LogP contribution in [0, 0.1) is 6.92 Å². The summed E-state index contributed by atoms with van der Waals surface area (Å²) in [4.78, 5) is 0. The van der Waals surface area contributed by atoms with Crippen molar-refractivity contribution in [3.05, 3.63) is 41.3 Å². The van der Waals surface area contributed by atoms with E-state index in [0.717, 1.165) is 5.56 Å². The lowest BCUT2D eigenvalue weighted by molar-refractivity contribution is 0.734. The molecule has 0 saturated heterocycles. The second kappa shape index (κ2) is 9.18. The monoisotopic (exact) mass is 258 g/mol. The highest BCUT2D eigenvalue weighted by Crippen LogP contribution is 2.23. The molecule has 0 saturated carbocycles. The maximum Gasteiger partial charge on any atom is -0.00118 e. The smallest absolute Gasteiger partial charge is 0.00118 e. The highest BCUT2D eigenvalue weighted by atomic mass is 14.1. The van der Waals surface area contributed by atoms with Crippen LogP contribution in [0.3, 0.4) is 0 Å². The number of rotatable bonds is 9. The molecule has 0 aliphatic carbocycles. The third kappa shape index (κ3) is 5.38. The van der Waals surface area contributed by atoms with Gasteiger partial charge in [0.25, 0.3) is 0 Å². The standard InChI is InChI=1S/C19H30/c1-5-8-11-17-14-16(4)15-18(12-9-6-2)19(17)13-10-7-3/h4,14-15H,5-13H2,1-3H3. The first kappa shape index (κ1) is 16.3. The Morgan fingerprint density at radius 3 is 1.58 bits per heavy atom. The van der Waals surface area contributed by atoms with E-state index in [4.69, 9.17) is 6.92 Å². The average Bonchev–Trinajstić information content (AvgIpc) is 2.41. The van der Waals surface area contributed by atoms with Gasteiger partial charge in [-0.15, -0.1) is 0 Å². The van der Waals surface area contributed by atoms with E-state index < -0.39 is 0 Å². The van der Waals surface area contributed by atoms with E-state index in [2.05, 4.69) is 32.9 Å². The predicted molar refractivity (Wildman–Crippen MR) is 85.7 cm³/mol. The van der Waals surface area contributed by atoms with E-state index in [-0.39, 0.29) is 0 Å². The van der Waals surface area contributed by atoms with E-state index in [1.165, 1.54) is 68.9 Å². The zero-order chi connectivity index (χ0) is 14.1. The first-order valence-electron chi connectivity index (χ1n) is 8.13. The van der Waals surface area contributed by atoms with Crippen molar-refractivity contribution < 1.29 is 0 Å². The molecule has 1 aromatic carbocycles. The molecule has 0 aliphatic heterocycles. The molecule has 0 N–H and O–H groups in total. The Morgan fingerprint density at radius 1 is 0.737 bits per heavy atom. The fraction of sp³-hybridized carbons (Fsp3) is 0.632. The Labute approximate surface area is 120 Å². The summed E-state index contributed by atoms with van der Waals surface area (Å²) in [6.45, 7) is 12.9. The molecule has 0 heteroatoms. The minimum atomic E-state index is 0.956. The SMILES string of the molecule is [CH]c1cc(CCCC)c(CCCC)c(CCCC)c1. The second-order valence-corrected chi connectivity index (χ2v) is 5.63. The Balaban J connectivity index is 2.99. The molecule has 0 aromatic heterocycles. The third-order valence-corrected chi connectivity index (χ3v) is 3.84. The van der Waals surface area contributed by atoms with Crippen molar-refractivity contribution in [2.45, 2.75) is 78.6 Å². The highest BCUT2D eigenvalue weighted by Gasteiger charge is 2.09. The quantitative estimate of drug-likeness (QED) is 0.527. The van der Waals surface area contributed by atoms with Gasteiger partial charge in [-0.25, -0.2) is 0 Å². The van der Waals surface area contributed by atoms with Gasteiger partial charge in [-0.1, -0.05) is 52.2 Å². The normalized spacial score (nSPS) is 10.9. The second-order valence-electron chi connectivity index (χ2n) is 5.63. The van der Waals surface area contributed by atoms with E-state index in [1.54, 1.807) is 5.56 Å². The molecule has 0 fully saturated rings. The first-order chi connectivity index (χ1) is 9.22. The molecule has 1 rings (SSSR count). The van der Waals surface area contributed by atoms with Crippen LogP contribution in [0.25, 0.3) is 0 Å². The number of benzene rings is 1. The van der Waals surface area contributed by atoms with Gasteiger partial charge in [0.1, 0.15) is 0 Å². The molecule has 2 radical (unpaired) electrons. The molecule has 0 unspecified atom stereocenters. The number of hydrogen-bond acceptors (Lipinski definition) is 0. The van der Waals surface area contributed by atoms with Crippen LogP contribution in [0.15, 0.2) is 12.1 Å². The van der Waals surface area contributed by atoms with Crippen LogP contribution in [-0.4, -0.2) is 0 Å². The Kier molecular flexibility index (Phi) is 7.86. The van der Waals surface area contributed by atoms with Crippen LogP contribution in [-0.2, 0) is 19.3 Å². The Bertz CT molecular complexity index is 333. The van der Waals surface area contributed by atoms with Crippen molar-refractivity contribution in [2.24, 2.45) is 0 Å². The minimum Gasteiger partial charge on any atom is -0.0654 e. The van der Waals surface area contributed by atoms with Crippen molar-refractivity contribution in [2.75, 3.05) is 0 Å². The molecular formula is C19H30. The lowest BCUT2D eigenvalue weighted by Crippen LogP contribution is -2.02. The van der Waals surface area contributed by atoms with Crippen molar-refractivity contribution in [1.82, 2.24) is 0 Å². The van der Waals surface area contributed by atoms with Gasteiger partial charge in [-0.3, -0.25) is 0 Å². The maximum atomic E-state index is 6.10. The maximum absolute atomic E-state index is 6.10. The summed E-state index contributed by atoms with van der Waals surface area (Å²) < 4.78 is 0. The van der Waals surface area contributed by atoms with Gasteiger partial charge in [-0.05, 0) is 67.7 Å². The molecule has 0 bridgehead atoms. The van der Waals surface area contributed by atoms with Crippen molar-refractivity contribution in [3.63, 3.8) is 0 Å². The third-order valence-electron chi connectivity index (χ3n) is 3.84. The van der Waals surface area contributed by atoms with Gasteiger partial charge in [-0.2, -0.15) is 0 Å². The zero-order valence-electron chi connectivity index (χ0n) is 13.1. The van der Waals surface area contributed by atoms with Gasteiger partial charge in [0.15, 0.2) is 0 Å². The Morgan fingerprint density at radius 2 is 1.16 bits per heavy atom. The molecular weight excluding hydrogens is 228 g/mol.